The molecule has 2 heterocycles. The molecule has 0 fully saturated rings. The molecule has 0 saturated heterocycles. The van der Waals surface area contributed by atoms with Crippen LogP contribution in [-0.2, 0) is 0 Å². The fourth-order valence-corrected chi connectivity index (χ4v) is 3.64. The van der Waals surface area contributed by atoms with Crippen molar-refractivity contribution in [2.75, 3.05) is 5.32 Å². The number of anilines is 1. The van der Waals surface area contributed by atoms with Crippen molar-refractivity contribution in [3.05, 3.63) is 76.8 Å². The summed E-state index contributed by atoms with van der Waals surface area (Å²) in [5.41, 5.74) is 5.72. The summed E-state index contributed by atoms with van der Waals surface area (Å²) >= 11 is 1.43. The van der Waals surface area contributed by atoms with E-state index in [2.05, 4.69) is 47.3 Å². The number of carbonyl (C=O) groups is 1. The fourth-order valence-electron chi connectivity index (χ4n) is 2.93. The molecule has 4 rings (SSSR count). The van der Waals surface area contributed by atoms with Gasteiger partial charge in [0.15, 0.2) is 5.13 Å². The minimum Gasteiger partial charge on any atom is -0.298 e. The number of pyridine rings is 1. The topological polar surface area (TPSA) is 54.9 Å². The summed E-state index contributed by atoms with van der Waals surface area (Å²) in [5, 5.41) is 6.31. The Balaban J connectivity index is 1.63. The Morgan fingerprint density at radius 2 is 1.96 bits per heavy atom. The molecule has 0 aliphatic heterocycles. The van der Waals surface area contributed by atoms with Crippen LogP contribution in [0.5, 0.6) is 0 Å². The van der Waals surface area contributed by atoms with Gasteiger partial charge in [0, 0.05) is 28.1 Å². The molecule has 2 aromatic carbocycles. The van der Waals surface area contributed by atoms with E-state index in [0.717, 1.165) is 22.2 Å². The normalized spacial score (nSPS) is 10.8. The Labute approximate surface area is 155 Å². The van der Waals surface area contributed by atoms with E-state index in [0.29, 0.717) is 10.7 Å². The Morgan fingerprint density at radius 3 is 2.85 bits per heavy atom. The van der Waals surface area contributed by atoms with E-state index >= 15 is 0 Å². The number of aromatic nitrogens is 2. The summed E-state index contributed by atoms with van der Waals surface area (Å²) in [4.78, 5) is 21.6. The molecule has 4 nitrogen and oxygen atoms in total. The predicted octanol–water partition coefficient (Wildman–Crippen LogP) is 5.23. The number of nitrogens with zero attached hydrogens (tertiary/aromatic N) is 2. The Kier molecular flexibility index (Phi) is 4.22. The average molecular weight is 359 g/mol. The van der Waals surface area contributed by atoms with Gasteiger partial charge < -0.3 is 0 Å². The van der Waals surface area contributed by atoms with Crippen LogP contribution in [0.15, 0.2) is 60.1 Å². The van der Waals surface area contributed by atoms with Crippen LogP contribution in [0, 0.1) is 13.8 Å². The Hall–Kier alpha value is -3.05. The second kappa shape index (κ2) is 6.69. The lowest BCUT2D eigenvalue weighted by atomic mass is 10.0. The van der Waals surface area contributed by atoms with Gasteiger partial charge in [-0.15, -0.1) is 11.3 Å². The van der Waals surface area contributed by atoms with Gasteiger partial charge in [0.1, 0.15) is 0 Å². The van der Waals surface area contributed by atoms with Crippen LogP contribution in [0.1, 0.15) is 21.5 Å². The summed E-state index contributed by atoms with van der Waals surface area (Å²) in [7, 11) is 0. The molecular weight excluding hydrogens is 342 g/mol. The van der Waals surface area contributed by atoms with E-state index in [4.69, 9.17) is 0 Å². The summed E-state index contributed by atoms with van der Waals surface area (Å²) in [5.74, 6) is -0.175. The lowest BCUT2D eigenvalue weighted by Gasteiger charge is -2.06. The van der Waals surface area contributed by atoms with E-state index in [1.165, 1.54) is 22.5 Å². The molecule has 1 amide bonds. The van der Waals surface area contributed by atoms with Crippen molar-refractivity contribution in [3.63, 3.8) is 0 Å². The van der Waals surface area contributed by atoms with Crippen LogP contribution in [0.25, 0.3) is 22.2 Å². The molecule has 0 bridgehead atoms. The zero-order valence-electron chi connectivity index (χ0n) is 14.5. The molecule has 128 valence electrons. The van der Waals surface area contributed by atoms with Crippen LogP contribution >= 0.6 is 11.3 Å². The van der Waals surface area contributed by atoms with E-state index < -0.39 is 0 Å². The maximum absolute atomic E-state index is 12.7. The van der Waals surface area contributed by atoms with Crippen molar-refractivity contribution < 1.29 is 4.79 Å². The number of nitrogens with one attached hydrogen (secondary N) is 1. The molecule has 2 aromatic heterocycles. The van der Waals surface area contributed by atoms with Crippen molar-refractivity contribution in [1.82, 2.24) is 9.97 Å². The van der Waals surface area contributed by atoms with Gasteiger partial charge in [-0.3, -0.25) is 15.1 Å². The van der Waals surface area contributed by atoms with E-state index in [-0.39, 0.29) is 5.91 Å². The van der Waals surface area contributed by atoms with Crippen molar-refractivity contribution in [2.45, 2.75) is 13.8 Å². The van der Waals surface area contributed by atoms with Gasteiger partial charge in [0.05, 0.1) is 11.2 Å². The molecule has 0 spiro atoms. The standard InChI is InChI=1S/C21H17N3OS/c1-13-8-9-14(2)17(11-13)19-12-26-21(23-19)24-20(25)16-5-3-7-18-15(16)6-4-10-22-18/h3-12H,1-2H3,(H,23,24,25). The number of rotatable bonds is 3. The first-order valence-corrected chi connectivity index (χ1v) is 9.18. The molecule has 26 heavy (non-hydrogen) atoms. The zero-order valence-corrected chi connectivity index (χ0v) is 15.3. The molecule has 4 aromatic rings. The van der Waals surface area contributed by atoms with Crippen molar-refractivity contribution >= 4 is 33.3 Å². The second-order valence-corrected chi connectivity index (χ2v) is 7.04. The van der Waals surface area contributed by atoms with Crippen molar-refractivity contribution in [2.24, 2.45) is 0 Å². The maximum Gasteiger partial charge on any atom is 0.258 e. The van der Waals surface area contributed by atoms with Gasteiger partial charge >= 0.3 is 0 Å². The van der Waals surface area contributed by atoms with Crippen LogP contribution in [0.2, 0.25) is 0 Å². The highest BCUT2D eigenvalue weighted by Crippen LogP contribution is 2.28. The molecule has 5 heteroatoms. The number of amides is 1. The summed E-state index contributed by atoms with van der Waals surface area (Å²) in [6.07, 6.45) is 1.72. The zero-order chi connectivity index (χ0) is 18.1. The third kappa shape index (κ3) is 3.09. The van der Waals surface area contributed by atoms with Gasteiger partial charge in [-0.1, -0.05) is 29.8 Å². The largest absolute Gasteiger partial charge is 0.298 e. The quantitative estimate of drug-likeness (QED) is 0.545. The van der Waals surface area contributed by atoms with Gasteiger partial charge in [-0.25, -0.2) is 4.98 Å². The first-order valence-electron chi connectivity index (χ1n) is 8.30. The lowest BCUT2D eigenvalue weighted by molar-refractivity contribution is 0.102. The number of fused-ring (bicyclic) bond motifs is 1. The number of hydrogen-bond donors (Lipinski definition) is 1. The first kappa shape index (κ1) is 16.4. The first-order chi connectivity index (χ1) is 12.6. The number of hydrogen-bond acceptors (Lipinski definition) is 4. The van der Waals surface area contributed by atoms with Crippen molar-refractivity contribution in [1.29, 1.82) is 0 Å². The number of thiazole rings is 1. The lowest BCUT2D eigenvalue weighted by Crippen LogP contribution is -2.12. The number of benzene rings is 2. The van der Waals surface area contributed by atoms with Crippen molar-refractivity contribution in [3.8, 4) is 11.3 Å². The molecule has 0 atom stereocenters. The highest BCUT2D eigenvalue weighted by molar-refractivity contribution is 7.14. The molecule has 0 saturated carbocycles. The average Bonchev–Trinajstić information content (AvgIpc) is 3.11. The van der Waals surface area contributed by atoms with E-state index in [9.17, 15) is 4.79 Å². The monoisotopic (exact) mass is 359 g/mol. The number of carbonyl (C=O) groups excluding carboxylic acids is 1. The Morgan fingerprint density at radius 1 is 1.08 bits per heavy atom. The second-order valence-electron chi connectivity index (χ2n) is 6.19. The van der Waals surface area contributed by atoms with E-state index in [1.807, 2.05) is 29.6 Å². The molecule has 0 aliphatic rings. The third-order valence-electron chi connectivity index (χ3n) is 4.28. The van der Waals surface area contributed by atoms with Crippen LogP contribution in [0.4, 0.5) is 5.13 Å². The van der Waals surface area contributed by atoms with E-state index in [1.54, 1.807) is 12.3 Å². The Bertz CT molecular complexity index is 1110. The van der Waals surface area contributed by atoms with Crippen LogP contribution in [0.3, 0.4) is 0 Å². The van der Waals surface area contributed by atoms with Gasteiger partial charge in [0.2, 0.25) is 0 Å². The van der Waals surface area contributed by atoms with Gasteiger partial charge in [-0.2, -0.15) is 0 Å². The SMILES string of the molecule is Cc1ccc(C)c(-c2csc(NC(=O)c3cccc4ncccc34)n2)c1. The maximum atomic E-state index is 12.7. The smallest absolute Gasteiger partial charge is 0.258 e. The van der Waals surface area contributed by atoms with Gasteiger partial charge in [-0.05, 0) is 43.7 Å². The van der Waals surface area contributed by atoms with Crippen LogP contribution < -0.4 is 5.32 Å². The molecule has 1 N–H and O–H groups in total. The molecule has 0 aliphatic carbocycles. The summed E-state index contributed by atoms with van der Waals surface area (Å²) < 4.78 is 0. The molecule has 0 radical (unpaired) electrons. The van der Waals surface area contributed by atoms with Crippen LogP contribution in [-0.4, -0.2) is 15.9 Å². The van der Waals surface area contributed by atoms with Gasteiger partial charge in [0.25, 0.3) is 5.91 Å². The summed E-state index contributed by atoms with van der Waals surface area (Å²) in [6, 6.07) is 15.6. The summed E-state index contributed by atoms with van der Waals surface area (Å²) in [6.45, 7) is 4.13. The third-order valence-corrected chi connectivity index (χ3v) is 5.04. The fraction of sp³-hybridized carbons (Fsp3) is 0.0952. The number of aryl methyl sites for hydroxylation is 2. The highest BCUT2D eigenvalue weighted by Gasteiger charge is 2.13. The minimum absolute atomic E-state index is 0.175. The molecule has 0 unspecified atom stereocenters. The highest BCUT2D eigenvalue weighted by atomic mass is 32.1. The minimum atomic E-state index is -0.175. The predicted molar refractivity (Wildman–Crippen MR) is 107 cm³/mol. The molecular formula is C21H17N3OS.